The second kappa shape index (κ2) is 3.99. The van der Waals surface area contributed by atoms with Gasteiger partial charge in [0.15, 0.2) is 5.82 Å². The lowest BCUT2D eigenvalue weighted by molar-refractivity contribution is 1.11. The molecule has 0 aliphatic heterocycles. The Balaban J connectivity index is 2.59. The fraction of sp³-hybridized carbons (Fsp3) is 0.167. The number of rotatable bonds is 1. The lowest BCUT2D eigenvalue weighted by Gasteiger charge is -2.05. The normalized spacial score (nSPS) is 10.3. The van der Waals surface area contributed by atoms with Crippen LogP contribution in [0.15, 0.2) is 30.3 Å². The van der Waals surface area contributed by atoms with Crippen LogP contribution in [0.3, 0.4) is 0 Å². The Bertz CT molecular complexity index is 474. The Morgan fingerprint density at radius 2 is 1.80 bits per heavy atom. The van der Waals surface area contributed by atoms with E-state index in [2.05, 4.69) is 9.97 Å². The molecule has 0 bridgehead atoms. The Hall–Kier alpha value is -1.41. The van der Waals surface area contributed by atoms with Gasteiger partial charge < -0.3 is 0 Å². The van der Waals surface area contributed by atoms with E-state index in [0.717, 1.165) is 16.8 Å². The monoisotopic (exact) mass is 218 g/mol. The predicted molar refractivity (Wildman–Crippen MR) is 62.0 cm³/mol. The zero-order valence-electron chi connectivity index (χ0n) is 8.66. The smallest absolute Gasteiger partial charge is 0.161 e. The molecule has 1 aromatic carbocycles. The van der Waals surface area contributed by atoms with Crippen LogP contribution in [-0.2, 0) is 0 Å². The summed E-state index contributed by atoms with van der Waals surface area (Å²) in [5.74, 6) is 0.693. The van der Waals surface area contributed by atoms with Gasteiger partial charge in [-0.15, -0.1) is 0 Å². The van der Waals surface area contributed by atoms with Gasteiger partial charge in [0.2, 0.25) is 0 Å². The topological polar surface area (TPSA) is 25.8 Å². The van der Waals surface area contributed by atoms with E-state index in [9.17, 15) is 0 Å². The second-order valence-electron chi connectivity index (χ2n) is 3.47. The van der Waals surface area contributed by atoms with E-state index in [1.54, 1.807) is 6.07 Å². The van der Waals surface area contributed by atoms with Crippen molar-refractivity contribution in [2.45, 2.75) is 13.8 Å². The van der Waals surface area contributed by atoms with E-state index in [1.165, 1.54) is 0 Å². The van der Waals surface area contributed by atoms with E-state index in [1.807, 2.05) is 38.1 Å². The molecule has 76 valence electrons. The van der Waals surface area contributed by atoms with Gasteiger partial charge >= 0.3 is 0 Å². The molecule has 0 unspecified atom stereocenters. The maximum Gasteiger partial charge on any atom is 0.161 e. The van der Waals surface area contributed by atoms with Crippen LogP contribution in [0.4, 0.5) is 0 Å². The highest BCUT2D eigenvalue weighted by Crippen LogP contribution is 2.21. The molecule has 0 radical (unpaired) electrons. The van der Waals surface area contributed by atoms with Crippen molar-refractivity contribution in [3.8, 4) is 11.4 Å². The average Bonchev–Trinajstić information content (AvgIpc) is 2.16. The molecule has 0 N–H and O–H groups in total. The summed E-state index contributed by atoms with van der Waals surface area (Å²) < 4.78 is 0. The summed E-state index contributed by atoms with van der Waals surface area (Å²) in [6.45, 7) is 3.95. The third-order valence-electron chi connectivity index (χ3n) is 2.21. The van der Waals surface area contributed by atoms with Crippen LogP contribution in [0, 0.1) is 13.8 Å². The van der Waals surface area contributed by atoms with Crippen LogP contribution in [0.2, 0.25) is 5.15 Å². The van der Waals surface area contributed by atoms with Crippen molar-refractivity contribution in [3.05, 3.63) is 46.7 Å². The SMILES string of the molecule is Cc1cc(Cl)nc(-c2ccccc2C)n1. The quantitative estimate of drug-likeness (QED) is 0.686. The molecule has 2 aromatic rings. The predicted octanol–water partition coefficient (Wildman–Crippen LogP) is 3.41. The van der Waals surface area contributed by atoms with Gasteiger partial charge in [0, 0.05) is 11.3 Å². The van der Waals surface area contributed by atoms with Gasteiger partial charge in [-0.05, 0) is 25.5 Å². The van der Waals surface area contributed by atoms with Crippen molar-refractivity contribution in [1.29, 1.82) is 0 Å². The van der Waals surface area contributed by atoms with Crippen LogP contribution in [0.25, 0.3) is 11.4 Å². The lowest BCUT2D eigenvalue weighted by Crippen LogP contribution is -1.93. The molecule has 0 saturated heterocycles. The van der Waals surface area contributed by atoms with Gasteiger partial charge in [-0.2, -0.15) is 0 Å². The van der Waals surface area contributed by atoms with Gasteiger partial charge in [0.1, 0.15) is 5.15 Å². The van der Waals surface area contributed by atoms with Crippen molar-refractivity contribution in [2.75, 3.05) is 0 Å². The van der Waals surface area contributed by atoms with E-state index >= 15 is 0 Å². The highest BCUT2D eigenvalue weighted by atomic mass is 35.5. The number of halogens is 1. The van der Waals surface area contributed by atoms with Gasteiger partial charge in [-0.3, -0.25) is 0 Å². The van der Waals surface area contributed by atoms with Crippen LogP contribution in [0.5, 0.6) is 0 Å². The molecule has 2 nitrogen and oxygen atoms in total. The number of aryl methyl sites for hydroxylation is 2. The molecule has 15 heavy (non-hydrogen) atoms. The molecular weight excluding hydrogens is 208 g/mol. The first-order chi connectivity index (χ1) is 7.16. The molecule has 0 atom stereocenters. The number of aromatic nitrogens is 2. The highest BCUT2D eigenvalue weighted by molar-refractivity contribution is 6.29. The first-order valence-electron chi connectivity index (χ1n) is 4.74. The van der Waals surface area contributed by atoms with Crippen LogP contribution >= 0.6 is 11.6 Å². The third kappa shape index (κ3) is 2.16. The Morgan fingerprint density at radius 3 is 2.47 bits per heavy atom. The molecule has 0 spiro atoms. The Labute approximate surface area is 94.0 Å². The van der Waals surface area contributed by atoms with E-state index in [4.69, 9.17) is 11.6 Å². The summed E-state index contributed by atoms with van der Waals surface area (Å²) in [6.07, 6.45) is 0. The van der Waals surface area contributed by atoms with Crippen molar-refractivity contribution < 1.29 is 0 Å². The van der Waals surface area contributed by atoms with Crippen LogP contribution in [0.1, 0.15) is 11.3 Å². The minimum atomic E-state index is 0.487. The maximum absolute atomic E-state index is 5.90. The fourth-order valence-corrected chi connectivity index (χ4v) is 1.71. The van der Waals surface area contributed by atoms with Crippen molar-refractivity contribution >= 4 is 11.6 Å². The Morgan fingerprint density at radius 1 is 1.07 bits per heavy atom. The third-order valence-corrected chi connectivity index (χ3v) is 2.40. The number of nitrogens with zero attached hydrogens (tertiary/aromatic N) is 2. The van der Waals surface area contributed by atoms with E-state index in [0.29, 0.717) is 11.0 Å². The van der Waals surface area contributed by atoms with Crippen LogP contribution < -0.4 is 0 Å². The number of benzene rings is 1. The molecule has 3 heteroatoms. The summed E-state index contributed by atoms with van der Waals surface area (Å²) in [5.41, 5.74) is 3.07. The summed E-state index contributed by atoms with van der Waals surface area (Å²) in [4.78, 5) is 8.59. The molecule has 0 saturated carbocycles. The van der Waals surface area contributed by atoms with Gasteiger partial charge in [0.25, 0.3) is 0 Å². The van der Waals surface area contributed by atoms with E-state index in [-0.39, 0.29) is 0 Å². The summed E-state index contributed by atoms with van der Waals surface area (Å²) in [7, 11) is 0. The van der Waals surface area contributed by atoms with Gasteiger partial charge in [-0.25, -0.2) is 9.97 Å². The molecular formula is C12H11ClN2. The minimum Gasteiger partial charge on any atom is -0.233 e. The molecule has 1 heterocycles. The number of hydrogen-bond donors (Lipinski definition) is 0. The van der Waals surface area contributed by atoms with Crippen molar-refractivity contribution in [3.63, 3.8) is 0 Å². The standard InChI is InChI=1S/C12H11ClN2/c1-8-5-3-4-6-10(8)12-14-9(2)7-11(13)15-12/h3-7H,1-2H3. The van der Waals surface area contributed by atoms with Crippen molar-refractivity contribution in [2.24, 2.45) is 0 Å². The Kier molecular flexibility index (Phi) is 2.69. The molecule has 0 amide bonds. The van der Waals surface area contributed by atoms with E-state index < -0.39 is 0 Å². The maximum atomic E-state index is 5.90. The molecule has 0 aliphatic carbocycles. The molecule has 0 aliphatic rings. The average molecular weight is 219 g/mol. The first-order valence-corrected chi connectivity index (χ1v) is 5.12. The first kappa shape index (κ1) is 10.1. The van der Waals surface area contributed by atoms with Crippen LogP contribution in [-0.4, -0.2) is 9.97 Å². The largest absolute Gasteiger partial charge is 0.233 e. The zero-order chi connectivity index (χ0) is 10.8. The summed E-state index contributed by atoms with van der Waals surface area (Å²) >= 11 is 5.90. The summed E-state index contributed by atoms with van der Waals surface area (Å²) in [5, 5.41) is 0.487. The minimum absolute atomic E-state index is 0.487. The summed E-state index contributed by atoms with van der Waals surface area (Å²) in [6, 6.07) is 9.76. The fourth-order valence-electron chi connectivity index (χ4n) is 1.47. The lowest BCUT2D eigenvalue weighted by atomic mass is 10.1. The van der Waals surface area contributed by atoms with Gasteiger partial charge in [-0.1, -0.05) is 35.9 Å². The zero-order valence-corrected chi connectivity index (χ0v) is 9.42. The van der Waals surface area contributed by atoms with Gasteiger partial charge in [0.05, 0.1) is 0 Å². The molecule has 2 rings (SSSR count). The second-order valence-corrected chi connectivity index (χ2v) is 3.86. The highest BCUT2D eigenvalue weighted by Gasteiger charge is 2.05. The number of hydrogen-bond acceptors (Lipinski definition) is 2. The van der Waals surface area contributed by atoms with Crippen molar-refractivity contribution in [1.82, 2.24) is 9.97 Å². The molecule has 1 aromatic heterocycles. The molecule has 0 fully saturated rings.